The van der Waals surface area contributed by atoms with Crippen molar-refractivity contribution in [3.05, 3.63) is 99.2 Å². The van der Waals surface area contributed by atoms with E-state index in [2.05, 4.69) is 83.2 Å². The number of fused-ring (bicyclic) bond motifs is 3. The highest BCUT2D eigenvalue weighted by molar-refractivity contribution is 6.18. The van der Waals surface area contributed by atoms with Gasteiger partial charge < -0.3 is 0 Å². The second-order valence-electron chi connectivity index (χ2n) is 9.92. The minimum atomic E-state index is -0.0989. The molecule has 2 atom stereocenters. The second-order valence-corrected chi connectivity index (χ2v) is 9.92. The van der Waals surface area contributed by atoms with E-state index in [0.29, 0.717) is 12.3 Å². The van der Waals surface area contributed by atoms with Crippen LogP contribution < -0.4 is 0 Å². The number of hydrogen-bond donors (Lipinski definition) is 0. The fourth-order valence-electron chi connectivity index (χ4n) is 5.01. The molecule has 4 rings (SSSR count). The molecule has 0 spiro atoms. The zero-order valence-corrected chi connectivity index (χ0v) is 21.5. The molecule has 2 aromatic rings. The lowest BCUT2D eigenvalue weighted by Gasteiger charge is -2.20. The number of ketones is 1. The molecule has 2 nitrogen and oxygen atoms in total. The van der Waals surface area contributed by atoms with Crippen molar-refractivity contribution < 1.29 is 4.79 Å². The predicted octanol–water partition coefficient (Wildman–Crippen LogP) is 7.61. The minimum Gasteiger partial charge on any atom is -0.294 e. The van der Waals surface area contributed by atoms with E-state index in [0.717, 1.165) is 40.8 Å². The van der Waals surface area contributed by atoms with Gasteiger partial charge in [-0.15, -0.1) is 0 Å². The summed E-state index contributed by atoms with van der Waals surface area (Å²) in [5.41, 5.74) is 11.9. The zero-order valence-electron chi connectivity index (χ0n) is 21.5. The van der Waals surface area contributed by atoms with E-state index in [1.807, 2.05) is 13.0 Å². The molecule has 0 bridgehead atoms. The standard InChI is InChI=1S/C32H37NO/c1-7-20(4)14-26-18-30-29-16-23(8-2)15-27(34)19-28(29)22(6)33-32(31(30)17-24(26)9-3)25-12-10-21(5)11-13-25/h8,10-13,16-20,22H,7,9,14-15H2,1-6H3/b23-8-/t20?,22-/m0/s1. The molecule has 1 heterocycles. The number of allylic oxidation sites excluding steroid dienone is 4. The van der Waals surface area contributed by atoms with Gasteiger partial charge in [0.15, 0.2) is 5.78 Å². The van der Waals surface area contributed by atoms with Gasteiger partial charge in [0.2, 0.25) is 0 Å². The van der Waals surface area contributed by atoms with Crippen LogP contribution in [0.1, 0.15) is 80.8 Å². The third kappa shape index (κ3) is 4.78. The summed E-state index contributed by atoms with van der Waals surface area (Å²) in [5.74, 6) is 0.783. The average molecular weight is 452 g/mol. The fraction of sp³-hybridized carbons (Fsp3) is 0.375. The Morgan fingerprint density at radius 3 is 2.41 bits per heavy atom. The first-order chi connectivity index (χ1) is 16.3. The highest BCUT2D eigenvalue weighted by Crippen LogP contribution is 2.39. The van der Waals surface area contributed by atoms with Crippen molar-refractivity contribution in [1.82, 2.24) is 0 Å². The normalized spacial score (nSPS) is 19.9. The second kappa shape index (κ2) is 10.1. The Balaban J connectivity index is 2.04. The number of rotatable bonds is 5. The molecule has 0 saturated heterocycles. The monoisotopic (exact) mass is 451 g/mol. The molecule has 176 valence electrons. The molecular weight excluding hydrogens is 414 g/mol. The van der Waals surface area contributed by atoms with Crippen LogP contribution in [0.3, 0.4) is 0 Å². The lowest BCUT2D eigenvalue weighted by molar-refractivity contribution is -0.114. The first kappa shape index (κ1) is 24.1. The van der Waals surface area contributed by atoms with E-state index < -0.39 is 0 Å². The van der Waals surface area contributed by atoms with E-state index >= 15 is 0 Å². The molecule has 34 heavy (non-hydrogen) atoms. The van der Waals surface area contributed by atoms with Gasteiger partial charge in [0, 0.05) is 17.5 Å². The number of benzene rings is 2. The fourth-order valence-corrected chi connectivity index (χ4v) is 5.01. The highest BCUT2D eigenvalue weighted by atomic mass is 16.1. The summed E-state index contributed by atoms with van der Waals surface area (Å²) < 4.78 is 0. The Bertz CT molecular complexity index is 1220. The maximum atomic E-state index is 12.8. The van der Waals surface area contributed by atoms with Gasteiger partial charge in [0.05, 0.1) is 11.8 Å². The number of aryl methyl sites for hydroxylation is 2. The summed E-state index contributed by atoms with van der Waals surface area (Å²) in [5, 5.41) is 0. The van der Waals surface area contributed by atoms with Gasteiger partial charge in [-0.3, -0.25) is 9.79 Å². The van der Waals surface area contributed by atoms with Crippen molar-refractivity contribution in [2.75, 3.05) is 0 Å². The molecule has 1 aliphatic heterocycles. The summed E-state index contributed by atoms with van der Waals surface area (Å²) in [7, 11) is 0. The van der Waals surface area contributed by atoms with E-state index in [4.69, 9.17) is 4.99 Å². The molecule has 0 saturated carbocycles. The molecule has 2 heteroatoms. The zero-order chi connectivity index (χ0) is 24.4. The van der Waals surface area contributed by atoms with Gasteiger partial charge in [-0.1, -0.05) is 75.2 Å². The van der Waals surface area contributed by atoms with Crippen LogP contribution in [0.25, 0.3) is 5.57 Å². The first-order valence-corrected chi connectivity index (χ1v) is 12.8. The Morgan fingerprint density at radius 1 is 1.06 bits per heavy atom. The summed E-state index contributed by atoms with van der Waals surface area (Å²) in [6.45, 7) is 13.1. The van der Waals surface area contributed by atoms with Gasteiger partial charge in [-0.05, 0) is 85.1 Å². The molecule has 0 radical (unpaired) electrons. The Labute approximate surface area is 205 Å². The van der Waals surface area contributed by atoms with E-state index in [1.165, 1.54) is 34.2 Å². The number of nitrogens with zero attached hydrogens (tertiary/aromatic N) is 1. The number of aliphatic imine (C=N–C) groups is 1. The molecule has 0 amide bonds. The van der Waals surface area contributed by atoms with Crippen molar-refractivity contribution in [2.24, 2.45) is 10.9 Å². The number of carbonyl (C=O) groups excluding carboxylic acids is 1. The van der Waals surface area contributed by atoms with Gasteiger partial charge in [-0.25, -0.2) is 0 Å². The number of hydrogen-bond acceptors (Lipinski definition) is 2. The third-order valence-corrected chi connectivity index (χ3v) is 7.34. The summed E-state index contributed by atoms with van der Waals surface area (Å²) in [6, 6.07) is 13.4. The van der Waals surface area contributed by atoms with Crippen LogP contribution >= 0.6 is 0 Å². The molecule has 2 aliphatic rings. The van der Waals surface area contributed by atoms with Crippen LogP contribution in [0.4, 0.5) is 0 Å². The lowest BCUT2D eigenvalue weighted by atomic mass is 9.83. The predicted molar refractivity (Wildman–Crippen MR) is 145 cm³/mol. The van der Waals surface area contributed by atoms with Crippen molar-refractivity contribution in [3.63, 3.8) is 0 Å². The van der Waals surface area contributed by atoms with Crippen LogP contribution in [0.2, 0.25) is 0 Å². The van der Waals surface area contributed by atoms with Crippen LogP contribution in [0, 0.1) is 12.8 Å². The summed E-state index contributed by atoms with van der Waals surface area (Å²) in [4.78, 5) is 18.1. The maximum Gasteiger partial charge on any atom is 0.160 e. The van der Waals surface area contributed by atoms with Crippen LogP contribution in [0.15, 0.2) is 70.8 Å². The molecule has 2 aromatic carbocycles. The van der Waals surface area contributed by atoms with Crippen molar-refractivity contribution >= 4 is 17.1 Å². The van der Waals surface area contributed by atoms with Crippen molar-refractivity contribution in [2.45, 2.75) is 73.3 Å². The molecule has 0 fully saturated rings. The van der Waals surface area contributed by atoms with Crippen molar-refractivity contribution in [3.8, 4) is 0 Å². The largest absolute Gasteiger partial charge is 0.294 e. The SMILES string of the molecule is C/C=C1\C=C2C(=CC(=O)C1)[C@H](C)N=C(c1ccc(C)cc1)c1cc(CC)c(CC(C)CC)cc12. The Kier molecular flexibility index (Phi) is 7.16. The minimum absolute atomic E-state index is 0.0989. The topological polar surface area (TPSA) is 29.4 Å². The Hall–Kier alpha value is -3.00. The first-order valence-electron chi connectivity index (χ1n) is 12.8. The highest BCUT2D eigenvalue weighted by Gasteiger charge is 2.28. The van der Waals surface area contributed by atoms with Crippen LogP contribution in [-0.2, 0) is 17.6 Å². The molecule has 1 aliphatic carbocycles. The molecule has 1 unspecified atom stereocenters. The van der Waals surface area contributed by atoms with Crippen LogP contribution in [-0.4, -0.2) is 17.5 Å². The van der Waals surface area contributed by atoms with Crippen LogP contribution in [0.5, 0.6) is 0 Å². The third-order valence-electron chi connectivity index (χ3n) is 7.34. The number of carbonyl (C=O) groups is 1. The van der Waals surface area contributed by atoms with E-state index in [1.54, 1.807) is 0 Å². The molecular formula is C32H37NO. The van der Waals surface area contributed by atoms with Crippen molar-refractivity contribution in [1.29, 1.82) is 0 Å². The van der Waals surface area contributed by atoms with E-state index in [-0.39, 0.29) is 11.8 Å². The van der Waals surface area contributed by atoms with Gasteiger partial charge >= 0.3 is 0 Å². The quantitative estimate of drug-likeness (QED) is 0.460. The van der Waals surface area contributed by atoms with Gasteiger partial charge in [0.25, 0.3) is 0 Å². The Morgan fingerprint density at radius 2 is 1.76 bits per heavy atom. The molecule has 0 N–H and O–H groups in total. The lowest BCUT2D eigenvalue weighted by Crippen LogP contribution is -2.10. The maximum absolute atomic E-state index is 12.8. The molecule has 0 aromatic heterocycles. The smallest absolute Gasteiger partial charge is 0.160 e. The average Bonchev–Trinajstić information content (AvgIpc) is 3.06. The van der Waals surface area contributed by atoms with E-state index in [9.17, 15) is 4.79 Å². The summed E-state index contributed by atoms with van der Waals surface area (Å²) in [6.07, 6.45) is 9.83. The van der Waals surface area contributed by atoms with Gasteiger partial charge in [-0.2, -0.15) is 0 Å². The van der Waals surface area contributed by atoms with Gasteiger partial charge in [0.1, 0.15) is 0 Å². The summed E-state index contributed by atoms with van der Waals surface area (Å²) >= 11 is 0.